The molecule has 1 fully saturated rings. The third-order valence-corrected chi connectivity index (χ3v) is 6.63. The van der Waals surface area contributed by atoms with E-state index >= 15 is 0 Å². The van der Waals surface area contributed by atoms with Gasteiger partial charge >= 0.3 is 0 Å². The van der Waals surface area contributed by atoms with E-state index in [2.05, 4.69) is 17.4 Å². The fourth-order valence-corrected chi connectivity index (χ4v) is 4.65. The zero-order valence-corrected chi connectivity index (χ0v) is 18.3. The molecular weight excluding hydrogens is 399 g/mol. The molecule has 1 unspecified atom stereocenters. The topological polar surface area (TPSA) is 55.1 Å². The molecule has 3 nitrogen and oxygen atoms in total. The Morgan fingerprint density at radius 3 is 2.25 bits per heavy atom. The summed E-state index contributed by atoms with van der Waals surface area (Å²) in [7, 11) is 0. The van der Waals surface area contributed by atoms with Crippen LogP contribution in [0.15, 0.2) is 78.9 Å². The lowest BCUT2D eigenvalue weighted by molar-refractivity contribution is -0.127. The van der Waals surface area contributed by atoms with Gasteiger partial charge in [-0.1, -0.05) is 66.7 Å². The summed E-state index contributed by atoms with van der Waals surface area (Å²) in [5.41, 5.74) is 9.24. The minimum atomic E-state index is -0.259. The summed E-state index contributed by atoms with van der Waals surface area (Å²) < 4.78 is 14.7. The Morgan fingerprint density at radius 1 is 0.938 bits per heavy atom. The van der Waals surface area contributed by atoms with Crippen molar-refractivity contribution in [3.8, 4) is 11.1 Å². The van der Waals surface area contributed by atoms with Crippen LogP contribution < -0.4 is 11.1 Å². The van der Waals surface area contributed by atoms with Crippen molar-refractivity contribution in [3.63, 3.8) is 0 Å². The summed E-state index contributed by atoms with van der Waals surface area (Å²) in [5, 5.41) is 3.29. The Morgan fingerprint density at radius 2 is 1.59 bits per heavy atom. The molecule has 1 amide bonds. The molecule has 4 rings (SSSR count). The quantitative estimate of drug-likeness (QED) is 0.508. The number of nitrogens with two attached hydrogens (primary N) is 1. The zero-order chi connectivity index (χ0) is 22.3. The lowest BCUT2D eigenvalue weighted by atomic mass is 9.81. The second-order valence-electron chi connectivity index (χ2n) is 8.81. The van der Waals surface area contributed by atoms with E-state index in [9.17, 15) is 9.18 Å². The smallest absolute Gasteiger partial charge is 0.223 e. The monoisotopic (exact) mass is 430 g/mol. The minimum Gasteiger partial charge on any atom is -0.349 e. The van der Waals surface area contributed by atoms with E-state index in [1.807, 2.05) is 54.6 Å². The molecule has 3 aromatic carbocycles. The second-order valence-corrected chi connectivity index (χ2v) is 8.81. The number of benzene rings is 3. The third-order valence-electron chi connectivity index (χ3n) is 6.63. The summed E-state index contributed by atoms with van der Waals surface area (Å²) in [4.78, 5) is 13.2. The number of hydrogen-bond donors (Lipinski definition) is 2. The highest BCUT2D eigenvalue weighted by Gasteiger charge is 2.27. The van der Waals surface area contributed by atoms with E-state index in [-0.39, 0.29) is 23.7 Å². The van der Waals surface area contributed by atoms with E-state index in [0.29, 0.717) is 24.4 Å². The van der Waals surface area contributed by atoms with Crippen LogP contribution in [-0.4, -0.2) is 12.5 Å². The van der Waals surface area contributed by atoms with E-state index in [1.54, 1.807) is 6.07 Å². The number of carbonyl (C=O) groups is 1. The van der Waals surface area contributed by atoms with Crippen LogP contribution in [0.3, 0.4) is 0 Å². The Labute approximate surface area is 189 Å². The number of amides is 1. The molecule has 0 radical (unpaired) electrons. The van der Waals surface area contributed by atoms with Gasteiger partial charge in [0.2, 0.25) is 5.91 Å². The second kappa shape index (κ2) is 10.6. The van der Waals surface area contributed by atoms with E-state index < -0.39 is 0 Å². The van der Waals surface area contributed by atoms with Crippen LogP contribution in [0.4, 0.5) is 4.39 Å². The van der Waals surface area contributed by atoms with Crippen molar-refractivity contribution < 1.29 is 9.18 Å². The van der Waals surface area contributed by atoms with Crippen LogP contribution >= 0.6 is 0 Å². The van der Waals surface area contributed by atoms with Gasteiger partial charge in [0.15, 0.2) is 0 Å². The number of nitrogens with one attached hydrogen (secondary N) is 1. The maximum atomic E-state index is 14.7. The first-order valence-corrected chi connectivity index (χ1v) is 11.5. The summed E-state index contributed by atoms with van der Waals surface area (Å²) in [6, 6.07) is 24.6. The van der Waals surface area contributed by atoms with Gasteiger partial charge in [-0.2, -0.15) is 0 Å². The zero-order valence-electron chi connectivity index (χ0n) is 18.3. The van der Waals surface area contributed by atoms with Gasteiger partial charge in [0.05, 0.1) is 6.04 Å². The van der Waals surface area contributed by atoms with Crippen LogP contribution in [0.25, 0.3) is 11.1 Å². The standard InChI is InChI=1S/C28H31FN2O/c29-26-16-15-24(18-25(26)22-9-5-2-6-10-22)27(17-20-7-3-1-4-8-20)31-28(32)23-13-11-21(19-30)12-14-23/h1-10,15-16,18,21,23,27H,11-14,17,19,30H2,(H,31,32). The molecule has 0 bridgehead atoms. The van der Waals surface area contributed by atoms with Gasteiger partial charge in [0.1, 0.15) is 5.82 Å². The number of hydrogen-bond acceptors (Lipinski definition) is 2. The molecule has 32 heavy (non-hydrogen) atoms. The average molecular weight is 431 g/mol. The van der Waals surface area contributed by atoms with Crippen molar-refractivity contribution in [2.45, 2.75) is 38.1 Å². The maximum Gasteiger partial charge on any atom is 0.223 e. The predicted octanol–water partition coefficient (Wildman–Crippen LogP) is 5.66. The highest BCUT2D eigenvalue weighted by Crippen LogP contribution is 2.31. The first-order valence-electron chi connectivity index (χ1n) is 11.5. The van der Waals surface area contributed by atoms with Crippen molar-refractivity contribution in [1.82, 2.24) is 5.32 Å². The number of carbonyl (C=O) groups excluding carboxylic acids is 1. The van der Waals surface area contributed by atoms with Gasteiger partial charge in [-0.15, -0.1) is 0 Å². The average Bonchev–Trinajstić information content (AvgIpc) is 2.85. The van der Waals surface area contributed by atoms with Crippen LogP contribution in [0.1, 0.15) is 42.9 Å². The summed E-state index contributed by atoms with van der Waals surface area (Å²) in [6.45, 7) is 0.697. The molecule has 0 saturated heterocycles. The van der Waals surface area contributed by atoms with E-state index in [1.165, 1.54) is 6.07 Å². The molecule has 0 aliphatic heterocycles. The SMILES string of the molecule is NCC1CCC(C(=O)NC(Cc2ccccc2)c2ccc(F)c(-c3ccccc3)c2)CC1. The van der Waals surface area contributed by atoms with Crippen molar-refractivity contribution in [2.75, 3.05) is 6.54 Å². The Hall–Kier alpha value is -2.98. The van der Waals surface area contributed by atoms with Crippen LogP contribution in [-0.2, 0) is 11.2 Å². The largest absolute Gasteiger partial charge is 0.349 e. The van der Waals surface area contributed by atoms with Crippen molar-refractivity contribution in [3.05, 3.63) is 95.8 Å². The molecule has 0 spiro atoms. The number of rotatable bonds is 7. The van der Waals surface area contributed by atoms with Crippen LogP contribution in [0, 0.1) is 17.7 Å². The molecule has 3 aromatic rings. The highest BCUT2D eigenvalue weighted by atomic mass is 19.1. The highest BCUT2D eigenvalue weighted by molar-refractivity contribution is 5.79. The number of halogens is 1. The van der Waals surface area contributed by atoms with Gasteiger partial charge in [0, 0.05) is 11.5 Å². The molecule has 1 aliphatic rings. The molecule has 4 heteroatoms. The van der Waals surface area contributed by atoms with Gasteiger partial charge < -0.3 is 11.1 Å². The van der Waals surface area contributed by atoms with Crippen LogP contribution in [0.2, 0.25) is 0 Å². The molecular formula is C28H31FN2O. The van der Waals surface area contributed by atoms with Gasteiger partial charge in [-0.25, -0.2) is 4.39 Å². The molecule has 1 aliphatic carbocycles. The van der Waals surface area contributed by atoms with Crippen molar-refractivity contribution in [2.24, 2.45) is 17.6 Å². The van der Waals surface area contributed by atoms with Crippen LogP contribution in [0.5, 0.6) is 0 Å². The van der Waals surface area contributed by atoms with E-state index in [0.717, 1.165) is 42.4 Å². The van der Waals surface area contributed by atoms with Gasteiger partial charge in [0.25, 0.3) is 0 Å². The lowest BCUT2D eigenvalue weighted by Gasteiger charge is -2.29. The molecule has 0 aromatic heterocycles. The molecule has 1 atom stereocenters. The molecule has 166 valence electrons. The Bertz CT molecular complexity index is 1010. The molecule has 0 heterocycles. The predicted molar refractivity (Wildman–Crippen MR) is 127 cm³/mol. The maximum absolute atomic E-state index is 14.7. The Kier molecular flexibility index (Phi) is 7.33. The van der Waals surface area contributed by atoms with Gasteiger partial charge in [-0.3, -0.25) is 4.79 Å². The first-order chi connectivity index (χ1) is 15.6. The fraction of sp³-hybridized carbons (Fsp3) is 0.321. The minimum absolute atomic E-state index is 0.0186. The normalized spacial score (nSPS) is 19.3. The third kappa shape index (κ3) is 5.43. The van der Waals surface area contributed by atoms with Crippen molar-refractivity contribution >= 4 is 5.91 Å². The van der Waals surface area contributed by atoms with Crippen molar-refractivity contribution in [1.29, 1.82) is 0 Å². The van der Waals surface area contributed by atoms with Gasteiger partial charge in [-0.05, 0) is 73.4 Å². The first kappa shape index (κ1) is 22.2. The lowest BCUT2D eigenvalue weighted by Crippen LogP contribution is -2.37. The summed E-state index contributed by atoms with van der Waals surface area (Å²) >= 11 is 0. The molecule has 3 N–H and O–H groups in total. The summed E-state index contributed by atoms with van der Waals surface area (Å²) in [5.74, 6) is 0.381. The fourth-order valence-electron chi connectivity index (χ4n) is 4.65. The summed E-state index contributed by atoms with van der Waals surface area (Å²) in [6.07, 6.45) is 4.43. The molecule has 1 saturated carbocycles. The van der Waals surface area contributed by atoms with E-state index in [4.69, 9.17) is 5.73 Å². The Balaban J connectivity index is 1.59.